The molecule has 0 amide bonds. The lowest BCUT2D eigenvalue weighted by molar-refractivity contribution is -0.131. The van der Waals surface area contributed by atoms with Crippen LogP contribution in [-0.2, 0) is 33.3 Å². The van der Waals surface area contributed by atoms with E-state index in [1.165, 1.54) is 11.1 Å². The fraction of sp³-hybridized carbons (Fsp3) is 0.500. The summed E-state index contributed by atoms with van der Waals surface area (Å²) >= 11 is 0. The Balaban J connectivity index is 0.958. The first-order valence-corrected chi connectivity index (χ1v) is 17.6. The van der Waals surface area contributed by atoms with E-state index in [0.29, 0.717) is 35.7 Å². The number of esters is 2. The van der Waals surface area contributed by atoms with Crippen LogP contribution in [0.2, 0.25) is 0 Å². The third-order valence-corrected chi connectivity index (χ3v) is 13.1. The lowest BCUT2D eigenvalue weighted by Gasteiger charge is -2.45. The predicted molar refractivity (Wildman–Crippen MR) is 180 cm³/mol. The number of nitrogens with one attached hydrogen (secondary N) is 1. The molecule has 6 aliphatic carbocycles. The van der Waals surface area contributed by atoms with E-state index < -0.39 is 30.3 Å². The van der Waals surface area contributed by atoms with Crippen LogP contribution in [0.4, 0.5) is 0 Å². The standard InChI is InChI=1S/C40H43NO8/c1-21-15-39-18-25(42)7-8-27(39)26(21)14-22-4-10-29(35(46-3)33(22)39)47-31(44)12-13-32(45)48-30-11-5-23-16-38(20-41-2)17-24-6-9-28(43)37-40(24,19-38)34(23)36(30)49-37/h4-13,21,24-28,37,41-43H,14-20H2,1-3H3. The number of aliphatic hydroxyl groups excluding tert-OH is 2. The molecular formula is C40H43NO8. The number of aliphatic hydroxyl groups is 2. The van der Waals surface area contributed by atoms with Crippen molar-refractivity contribution in [2.45, 2.75) is 74.6 Å². The predicted octanol–water partition coefficient (Wildman–Crippen LogP) is 4.25. The van der Waals surface area contributed by atoms with Crippen LogP contribution in [0.25, 0.3) is 0 Å². The number of rotatable bonds is 7. The normalized spacial score (nSPS) is 38.1. The molecule has 9 nitrogen and oxygen atoms in total. The third-order valence-electron chi connectivity index (χ3n) is 13.1. The summed E-state index contributed by atoms with van der Waals surface area (Å²) in [6.45, 7) is 3.17. The lowest BCUT2D eigenvalue weighted by atomic mass is 9.59. The van der Waals surface area contributed by atoms with Gasteiger partial charge < -0.3 is 34.5 Å². The van der Waals surface area contributed by atoms with Gasteiger partial charge in [-0.3, -0.25) is 0 Å². The molecule has 10 atom stereocenters. The van der Waals surface area contributed by atoms with Crippen LogP contribution in [0.1, 0.15) is 54.9 Å². The van der Waals surface area contributed by atoms with Crippen molar-refractivity contribution < 1.29 is 38.7 Å². The van der Waals surface area contributed by atoms with Crippen LogP contribution in [-0.4, -0.2) is 61.2 Å². The Kier molecular flexibility index (Phi) is 6.84. The lowest BCUT2D eigenvalue weighted by Crippen LogP contribution is -2.52. The van der Waals surface area contributed by atoms with Crippen molar-refractivity contribution in [3.63, 3.8) is 0 Å². The first-order chi connectivity index (χ1) is 23.6. The van der Waals surface area contributed by atoms with E-state index in [0.717, 1.165) is 61.9 Å². The van der Waals surface area contributed by atoms with Crippen molar-refractivity contribution in [1.82, 2.24) is 5.32 Å². The molecule has 7 aliphatic rings. The molecule has 0 saturated heterocycles. The number of fused-ring (bicyclic) bond motifs is 2. The zero-order chi connectivity index (χ0) is 33.9. The first-order valence-electron chi connectivity index (χ1n) is 17.6. The second-order valence-corrected chi connectivity index (χ2v) is 15.8. The Hall–Kier alpha value is -3.92. The number of carbonyl (C=O) groups is 2. The molecule has 2 aromatic rings. The Morgan fingerprint density at radius 3 is 2.49 bits per heavy atom. The van der Waals surface area contributed by atoms with E-state index in [1.807, 2.05) is 31.3 Å². The summed E-state index contributed by atoms with van der Waals surface area (Å²) in [5.74, 6) is 1.61. The van der Waals surface area contributed by atoms with Gasteiger partial charge in [-0.05, 0) is 97.9 Å². The summed E-state index contributed by atoms with van der Waals surface area (Å²) in [6.07, 6.45) is 13.7. The fourth-order valence-electron chi connectivity index (χ4n) is 11.8. The van der Waals surface area contributed by atoms with Crippen LogP contribution < -0.4 is 24.3 Å². The Morgan fingerprint density at radius 1 is 0.959 bits per heavy atom. The van der Waals surface area contributed by atoms with Crippen molar-refractivity contribution in [3.05, 3.63) is 83.0 Å². The average Bonchev–Trinajstić information content (AvgIpc) is 3.63. The van der Waals surface area contributed by atoms with E-state index in [-0.39, 0.29) is 33.7 Å². The molecular weight excluding hydrogens is 622 g/mol. The summed E-state index contributed by atoms with van der Waals surface area (Å²) in [7, 11) is 3.56. The van der Waals surface area contributed by atoms with Crippen molar-refractivity contribution >= 4 is 11.9 Å². The number of allylic oxidation sites excluding steroid dienone is 2. The third kappa shape index (κ3) is 4.28. The zero-order valence-electron chi connectivity index (χ0n) is 28.1. The summed E-state index contributed by atoms with van der Waals surface area (Å²) in [6, 6.07) is 7.54. The van der Waals surface area contributed by atoms with Crippen molar-refractivity contribution in [3.8, 4) is 23.0 Å². The van der Waals surface area contributed by atoms with Gasteiger partial charge in [0.1, 0.15) is 12.2 Å². The molecule has 2 saturated carbocycles. The van der Waals surface area contributed by atoms with Gasteiger partial charge in [-0.1, -0.05) is 43.4 Å². The highest BCUT2D eigenvalue weighted by Crippen LogP contribution is 2.69. The molecule has 0 radical (unpaired) electrons. The summed E-state index contributed by atoms with van der Waals surface area (Å²) in [5, 5.41) is 25.1. The van der Waals surface area contributed by atoms with Crippen LogP contribution in [0.15, 0.2) is 60.7 Å². The minimum Gasteiger partial charge on any atom is -0.493 e. The van der Waals surface area contributed by atoms with Gasteiger partial charge in [0.05, 0.1) is 13.2 Å². The van der Waals surface area contributed by atoms with Gasteiger partial charge in [-0.15, -0.1) is 0 Å². The van der Waals surface area contributed by atoms with Gasteiger partial charge >= 0.3 is 11.9 Å². The van der Waals surface area contributed by atoms with Crippen LogP contribution in [0, 0.1) is 29.1 Å². The topological polar surface area (TPSA) is 124 Å². The molecule has 3 N–H and O–H groups in total. The number of carbonyl (C=O) groups excluding carboxylic acids is 2. The maximum absolute atomic E-state index is 13.1. The summed E-state index contributed by atoms with van der Waals surface area (Å²) in [5.41, 5.74) is 3.84. The van der Waals surface area contributed by atoms with Crippen LogP contribution in [0.3, 0.4) is 0 Å². The number of methoxy groups -OCH3 is 1. The SMILES string of the molecule is CNCC12Cc3ccc(OC(=O)C=CC(=O)Oc4ccc5c(c4OC)C46CC(O)C=CC4C(C5)C(C)C6)c4c3C3(C1)C(C=CC(O)C3O4)C2. The number of ether oxygens (including phenoxy) is 4. The number of benzene rings is 2. The van der Waals surface area contributed by atoms with E-state index in [1.54, 1.807) is 19.2 Å². The molecule has 9 heteroatoms. The number of hydrogen-bond donors (Lipinski definition) is 3. The van der Waals surface area contributed by atoms with E-state index in [2.05, 4.69) is 24.4 Å². The fourth-order valence-corrected chi connectivity index (χ4v) is 11.8. The molecule has 4 bridgehead atoms. The maximum atomic E-state index is 13.1. The van der Waals surface area contributed by atoms with Gasteiger partial charge in [-0.2, -0.15) is 0 Å². The molecule has 2 aromatic carbocycles. The van der Waals surface area contributed by atoms with Crippen molar-refractivity contribution in [2.24, 2.45) is 29.1 Å². The highest BCUT2D eigenvalue weighted by Gasteiger charge is 2.68. The minimum absolute atomic E-state index is 0.0695. The molecule has 0 aromatic heterocycles. The van der Waals surface area contributed by atoms with Crippen molar-refractivity contribution in [2.75, 3.05) is 20.7 Å². The van der Waals surface area contributed by atoms with Crippen LogP contribution in [0.5, 0.6) is 23.0 Å². The maximum Gasteiger partial charge on any atom is 0.336 e. The Morgan fingerprint density at radius 2 is 1.71 bits per heavy atom. The van der Waals surface area contributed by atoms with Gasteiger partial charge in [0.15, 0.2) is 23.0 Å². The van der Waals surface area contributed by atoms with Gasteiger partial charge in [0.25, 0.3) is 0 Å². The summed E-state index contributed by atoms with van der Waals surface area (Å²) < 4.78 is 24.0. The van der Waals surface area contributed by atoms with E-state index >= 15 is 0 Å². The molecule has 49 heavy (non-hydrogen) atoms. The minimum atomic E-state index is -0.762. The van der Waals surface area contributed by atoms with Gasteiger partial charge in [-0.25, -0.2) is 9.59 Å². The number of hydrogen-bond acceptors (Lipinski definition) is 9. The zero-order valence-corrected chi connectivity index (χ0v) is 28.1. The molecule has 1 heterocycles. The second-order valence-electron chi connectivity index (χ2n) is 15.8. The first kappa shape index (κ1) is 31.1. The smallest absolute Gasteiger partial charge is 0.336 e. The average molecular weight is 666 g/mol. The Labute approximate surface area is 286 Å². The van der Waals surface area contributed by atoms with E-state index in [9.17, 15) is 19.8 Å². The van der Waals surface area contributed by atoms with Gasteiger partial charge in [0, 0.05) is 40.7 Å². The van der Waals surface area contributed by atoms with Gasteiger partial charge in [0.2, 0.25) is 0 Å². The Bertz CT molecular complexity index is 1860. The molecule has 10 unspecified atom stereocenters. The largest absolute Gasteiger partial charge is 0.493 e. The quantitative estimate of drug-likeness (QED) is 0.172. The molecule has 1 spiro atoms. The second kappa shape index (κ2) is 10.8. The molecule has 9 rings (SSSR count). The highest BCUT2D eigenvalue weighted by molar-refractivity contribution is 5.94. The van der Waals surface area contributed by atoms with Crippen LogP contribution >= 0.6 is 0 Å². The van der Waals surface area contributed by atoms with Crippen molar-refractivity contribution in [1.29, 1.82) is 0 Å². The summed E-state index contributed by atoms with van der Waals surface area (Å²) in [4.78, 5) is 26.2. The van der Waals surface area contributed by atoms with E-state index in [4.69, 9.17) is 18.9 Å². The molecule has 256 valence electrons. The highest BCUT2D eigenvalue weighted by atomic mass is 16.6. The molecule has 2 fully saturated rings. The monoisotopic (exact) mass is 665 g/mol. The molecule has 1 aliphatic heterocycles.